The molecule has 0 aliphatic carbocycles. The van der Waals surface area contributed by atoms with Crippen molar-refractivity contribution in [2.75, 3.05) is 7.11 Å². The van der Waals surface area contributed by atoms with Crippen LogP contribution in [0.4, 0.5) is 26.3 Å². The summed E-state index contributed by atoms with van der Waals surface area (Å²) < 4.78 is 80.1. The van der Waals surface area contributed by atoms with Crippen LogP contribution in [0, 0.1) is 6.92 Å². The first-order valence-corrected chi connectivity index (χ1v) is 4.86. The van der Waals surface area contributed by atoms with E-state index >= 15 is 0 Å². The van der Waals surface area contributed by atoms with Gasteiger partial charge < -0.3 is 4.74 Å². The maximum absolute atomic E-state index is 12.7. The summed E-state index contributed by atoms with van der Waals surface area (Å²) in [6.07, 6.45) is -10.4. The molecule has 19 heavy (non-hydrogen) atoms. The molecular formula is C11H8F6O2. The van der Waals surface area contributed by atoms with Gasteiger partial charge in [0.1, 0.15) is 0 Å². The summed E-state index contributed by atoms with van der Waals surface area (Å²) in [5.74, 6) is -1.14. The van der Waals surface area contributed by atoms with Gasteiger partial charge in [-0.1, -0.05) is 0 Å². The zero-order valence-electron chi connectivity index (χ0n) is 9.74. The highest BCUT2D eigenvalue weighted by molar-refractivity contribution is 5.90. The molecule has 0 spiro atoms. The number of ether oxygens (including phenoxy) is 1. The van der Waals surface area contributed by atoms with E-state index in [0.717, 1.165) is 14.0 Å². The molecule has 1 aromatic carbocycles. The molecular weight excluding hydrogens is 278 g/mol. The van der Waals surface area contributed by atoms with Crippen LogP contribution in [0.3, 0.4) is 0 Å². The highest BCUT2D eigenvalue weighted by atomic mass is 19.4. The summed E-state index contributed by atoms with van der Waals surface area (Å²) in [5, 5.41) is 0. The van der Waals surface area contributed by atoms with E-state index in [1.54, 1.807) is 0 Å². The quantitative estimate of drug-likeness (QED) is 0.579. The molecule has 0 N–H and O–H groups in total. The zero-order chi connectivity index (χ0) is 15.0. The largest absolute Gasteiger partial charge is 0.465 e. The molecule has 0 bridgehead atoms. The smallest absolute Gasteiger partial charge is 0.417 e. The van der Waals surface area contributed by atoms with Crippen LogP contribution in [0.15, 0.2) is 12.1 Å². The molecule has 0 aromatic heterocycles. The Morgan fingerprint density at radius 1 is 1.05 bits per heavy atom. The van der Waals surface area contributed by atoms with E-state index in [-0.39, 0.29) is 6.07 Å². The van der Waals surface area contributed by atoms with Gasteiger partial charge in [0, 0.05) is 0 Å². The van der Waals surface area contributed by atoms with Crippen molar-refractivity contribution >= 4 is 5.97 Å². The highest BCUT2D eigenvalue weighted by Gasteiger charge is 2.44. The van der Waals surface area contributed by atoms with Gasteiger partial charge in [0.05, 0.1) is 23.8 Å². The fourth-order valence-electron chi connectivity index (χ4n) is 1.62. The number of carbonyl (C=O) groups excluding carboxylic acids is 1. The Bertz CT molecular complexity index is 501. The molecule has 1 aromatic rings. The van der Waals surface area contributed by atoms with Crippen LogP contribution in [0.5, 0.6) is 0 Å². The van der Waals surface area contributed by atoms with E-state index in [0.29, 0.717) is 6.07 Å². The number of halogens is 6. The Labute approximate surface area is 104 Å². The number of aryl methyl sites for hydroxylation is 1. The highest BCUT2D eigenvalue weighted by Crippen LogP contribution is 2.42. The molecule has 0 unspecified atom stereocenters. The number of hydrogen-bond acceptors (Lipinski definition) is 2. The van der Waals surface area contributed by atoms with Crippen LogP contribution in [-0.4, -0.2) is 13.1 Å². The zero-order valence-corrected chi connectivity index (χ0v) is 9.74. The third-order valence-corrected chi connectivity index (χ3v) is 2.35. The van der Waals surface area contributed by atoms with Crippen molar-refractivity contribution in [3.05, 3.63) is 34.4 Å². The van der Waals surface area contributed by atoms with Gasteiger partial charge in [-0.2, -0.15) is 26.3 Å². The van der Waals surface area contributed by atoms with Crippen LogP contribution in [0.2, 0.25) is 0 Å². The lowest BCUT2D eigenvalue weighted by atomic mass is 9.97. The van der Waals surface area contributed by atoms with Crippen LogP contribution >= 0.6 is 0 Å². The van der Waals surface area contributed by atoms with Crippen molar-refractivity contribution in [1.29, 1.82) is 0 Å². The second-order valence-electron chi connectivity index (χ2n) is 3.70. The minimum absolute atomic E-state index is 0.141. The molecule has 0 radical (unpaired) electrons. The molecule has 0 atom stereocenters. The summed E-state index contributed by atoms with van der Waals surface area (Å²) in [4.78, 5) is 11.1. The first kappa shape index (κ1) is 15.3. The molecule has 0 saturated carbocycles. The van der Waals surface area contributed by atoms with Gasteiger partial charge in [-0.25, -0.2) is 4.79 Å². The molecule has 1 rings (SSSR count). The first-order valence-electron chi connectivity index (χ1n) is 4.86. The van der Waals surface area contributed by atoms with E-state index in [2.05, 4.69) is 4.74 Å². The van der Waals surface area contributed by atoms with Crippen LogP contribution in [0.1, 0.15) is 27.0 Å². The van der Waals surface area contributed by atoms with Crippen molar-refractivity contribution in [2.45, 2.75) is 19.3 Å². The third kappa shape index (κ3) is 3.18. The topological polar surface area (TPSA) is 26.3 Å². The van der Waals surface area contributed by atoms with Crippen molar-refractivity contribution in [3.8, 4) is 0 Å². The van der Waals surface area contributed by atoms with Crippen molar-refractivity contribution in [2.24, 2.45) is 0 Å². The average Bonchev–Trinajstić information content (AvgIpc) is 2.23. The Morgan fingerprint density at radius 2 is 1.58 bits per heavy atom. The Hall–Kier alpha value is -1.73. The van der Waals surface area contributed by atoms with E-state index < -0.39 is 40.6 Å². The summed E-state index contributed by atoms with van der Waals surface area (Å²) in [6.45, 7) is 0.852. The van der Waals surface area contributed by atoms with Gasteiger partial charge in [-0.3, -0.25) is 0 Å². The molecule has 8 heteroatoms. The maximum atomic E-state index is 12.7. The van der Waals surface area contributed by atoms with Gasteiger partial charge >= 0.3 is 18.3 Å². The minimum atomic E-state index is -5.22. The average molecular weight is 286 g/mol. The van der Waals surface area contributed by atoms with Gasteiger partial charge in [-0.15, -0.1) is 0 Å². The lowest BCUT2D eigenvalue weighted by Gasteiger charge is -2.18. The summed E-state index contributed by atoms with van der Waals surface area (Å²) in [7, 11) is 0.919. The number of carbonyl (C=O) groups is 1. The van der Waals surface area contributed by atoms with Gasteiger partial charge in [0.25, 0.3) is 0 Å². The number of esters is 1. The van der Waals surface area contributed by atoms with E-state index in [1.165, 1.54) is 0 Å². The van der Waals surface area contributed by atoms with Gasteiger partial charge in [0.15, 0.2) is 0 Å². The SMILES string of the molecule is COC(=O)c1cc(C)c(C(F)(F)F)c(C(F)(F)F)c1. The molecule has 0 fully saturated rings. The van der Waals surface area contributed by atoms with Crippen LogP contribution in [-0.2, 0) is 17.1 Å². The molecule has 0 amide bonds. The van der Waals surface area contributed by atoms with Crippen LogP contribution in [0.25, 0.3) is 0 Å². The van der Waals surface area contributed by atoms with E-state index in [1.807, 2.05) is 0 Å². The molecule has 0 heterocycles. The Morgan fingerprint density at radius 3 is 1.95 bits per heavy atom. The molecule has 0 aliphatic heterocycles. The molecule has 0 saturated heterocycles. The van der Waals surface area contributed by atoms with E-state index in [9.17, 15) is 31.1 Å². The molecule has 106 valence electrons. The number of alkyl halides is 6. The lowest BCUT2D eigenvalue weighted by Crippen LogP contribution is -2.19. The predicted octanol–water partition coefficient (Wildman–Crippen LogP) is 3.82. The monoisotopic (exact) mass is 286 g/mol. The van der Waals surface area contributed by atoms with Crippen molar-refractivity contribution in [1.82, 2.24) is 0 Å². The number of hydrogen-bond donors (Lipinski definition) is 0. The minimum Gasteiger partial charge on any atom is -0.465 e. The van der Waals surface area contributed by atoms with E-state index in [4.69, 9.17) is 0 Å². The summed E-state index contributed by atoms with van der Waals surface area (Å²) >= 11 is 0. The summed E-state index contributed by atoms with van der Waals surface area (Å²) in [6, 6.07) is 0.853. The lowest BCUT2D eigenvalue weighted by molar-refractivity contribution is -0.162. The number of benzene rings is 1. The number of methoxy groups -OCH3 is 1. The number of rotatable bonds is 1. The molecule has 0 aliphatic rings. The molecule has 2 nitrogen and oxygen atoms in total. The third-order valence-electron chi connectivity index (χ3n) is 2.35. The van der Waals surface area contributed by atoms with Crippen molar-refractivity contribution in [3.63, 3.8) is 0 Å². The standard InChI is InChI=1S/C11H8F6O2/c1-5-3-6(9(18)19-2)4-7(10(12,13)14)8(5)11(15,16)17/h3-4H,1-2H3. The van der Waals surface area contributed by atoms with Gasteiger partial charge in [-0.05, 0) is 24.6 Å². The second kappa shape index (κ2) is 4.75. The van der Waals surface area contributed by atoms with Gasteiger partial charge in [0.2, 0.25) is 0 Å². The van der Waals surface area contributed by atoms with Crippen molar-refractivity contribution < 1.29 is 35.9 Å². The first-order chi connectivity index (χ1) is 8.48. The second-order valence-corrected chi connectivity index (χ2v) is 3.70. The maximum Gasteiger partial charge on any atom is 0.417 e. The fourth-order valence-corrected chi connectivity index (χ4v) is 1.62. The Kier molecular flexibility index (Phi) is 3.83. The Balaban J connectivity index is 3.63. The van der Waals surface area contributed by atoms with Crippen LogP contribution < -0.4 is 0 Å². The normalized spacial score (nSPS) is 12.4. The summed E-state index contributed by atoms with van der Waals surface area (Å²) in [5.41, 5.74) is -4.98. The predicted molar refractivity (Wildman–Crippen MR) is 52.5 cm³/mol. The fraction of sp³-hybridized carbons (Fsp3) is 0.364.